The van der Waals surface area contributed by atoms with Crippen LogP contribution in [0.5, 0.6) is 0 Å². The Morgan fingerprint density at radius 3 is 2.67 bits per heavy atom. The first kappa shape index (κ1) is 17.7. The number of Topliss-reactive ketones (excluding diaryl/α,β-unsaturated/α-hetero) is 1. The normalized spacial score (nSPS) is 11.1. The van der Waals surface area contributed by atoms with Crippen molar-refractivity contribution in [3.63, 3.8) is 0 Å². The van der Waals surface area contributed by atoms with Gasteiger partial charge in [0.25, 0.3) is 5.91 Å². The van der Waals surface area contributed by atoms with Crippen molar-refractivity contribution in [1.29, 1.82) is 0 Å². The molecule has 1 heterocycles. The lowest BCUT2D eigenvalue weighted by Crippen LogP contribution is -2.14. The number of rotatable bonds is 6. The van der Waals surface area contributed by atoms with E-state index in [0.717, 1.165) is 11.1 Å². The maximum atomic E-state index is 12.1. The molecule has 0 aliphatic carbocycles. The van der Waals surface area contributed by atoms with E-state index >= 15 is 0 Å². The maximum absolute atomic E-state index is 12.1. The molecule has 2 N–H and O–H groups in total. The number of ketones is 1. The molecule has 0 atom stereocenters. The van der Waals surface area contributed by atoms with Gasteiger partial charge in [-0.1, -0.05) is 24.3 Å². The molecule has 1 aromatic heterocycles. The molecule has 122 valence electrons. The van der Waals surface area contributed by atoms with Gasteiger partial charge in [-0.15, -0.1) is 0 Å². The minimum atomic E-state index is -0.619. The summed E-state index contributed by atoms with van der Waals surface area (Å²) in [7, 11) is 0. The number of benzene rings is 1. The molecule has 0 radical (unpaired) electrons. The van der Waals surface area contributed by atoms with Gasteiger partial charge in [0, 0.05) is 29.6 Å². The standard InChI is InChI=1S/C17H14BrN3O3/c18-17-14(2-1-9-20-17)10-19-11-15(22)13-6-3-12(4-7-13)5-8-16(23)21-24/h1-10,24H,11H2,(H,21,23)/b8-5+,19-10?. The Labute approximate surface area is 147 Å². The lowest BCUT2D eigenvalue weighted by molar-refractivity contribution is -0.124. The average molecular weight is 388 g/mol. The number of nitrogens with zero attached hydrogens (tertiary/aromatic N) is 2. The summed E-state index contributed by atoms with van der Waals surface area (Å²) in [6, 6.07) is 10.4. The van der Waals surface area contributed by atoms with Crippen molar-refractivity contribution >= 4 is 39.9 Å². The highest BCUT2D eigenvalue weighted by molar-refractivity contribution is 9.10. The summed E-state index contributed by atoms with van der Waals surface area (Å²) in [5, 5.41) is 8.40. The van der Waals surface area contributed by atoms with Gasteiger partial charge >= 0.3 is 0 Å². The zero-order chi connectivity index (χ0) is 17.4. The number of hydroxylamine groups is 1. The van der Waals surface area contributed by atoms with E-state index in [1.54, 1.807) is 42.7 Å². The third-order valence-corrected chi connectivity index (χ3v) is 3.69. The van der Waals surface area contributed by atoms with E-state index < -0.39 is 5.91 Å². The second-order valence-electron chi connectivity index (χ2n) is 4.71. The average Bonchev–Trinajstić information content (AvgIpc) is 2.61. The van der Waals surface area contributed by atoms with Crippen molar-refractivity contribution in [3.8, 4) is 0 Å². The number of pyridine rings is 1. The molecule has 1 aromatic carbocycles. The minimum absolute atomic E-state index is 0.0312. The Kier molecular flexibility index (Phi) is 6.53. The Hall–Kier alpha value is -2.64. The Morgan fingerprint density at radius 1 is 1.25 bits per heavy atom. The quantitative estimate of drug-likeness (QED) is 0.199. The molecule has 0 saturated heterocycles. The second-order valence-corrected chi connectivity index (χ2v) is 5.46. The van der Waals surface area contributed by atoms with Crippen LogP contribution in [0.15, 0.2) is 58.3 Å². The third kappa shape index (κ3) is 5.22. The molecular weight excluding hydrogens is 374 g/mol. The van der Waals surface area contributed by atoms with E-state index in [0.29, 0.717) is 10.2 Å². The van der Waals surface area contributed by atoms with Crippen molar-refractivity contribution in [1.82, 2.24) is 10.5 Å². The van der Waals surface area contributed by atoms with Crippen molar-refractivity contribution in [2.75, 3.05) is 6.54 Å². The van der Waals surface area contributed by atoms with Crippen molar-refractivity contribution < 1.29 is 14.8 Å². The van der Waals surface area contributed by atoms with Crippen molar-refractivity contribution in [3.05, 3.63) is 70.0 Å². The summed E-state index contributed by atoms with van der Waals surface area (Å²) in [5.74, 6) is -0.735. The molecule has 24 heavy (non-hydrogen) atoms. The maximum Gasteiger partial charge on any atom is 0.267 e. The Morgan fingerprint density at radius 2 is 2.00 bits per heavy atom. The first-order valence-electron chi connectivity index (χ1n) is 6.96. The van der Waals surface area contributed by atoms with Crippen LogP contribution in [0.3, 0.4) is 0 Å². The van der Waals surface area contributed by atoms with Gasteiger partial charge in [0.2, 0.25) is 0 Å². The van der Waals surface area contributed by atoms with Gasteiger partial charge in [0.1, 0.15) is 11.1 Å². The summed E-state index contributed by atoms with van der Waals surface area (Å²) in [6.45, 7) is 0.0312. The predicted molar refractivity (Wildman–Crippen MR) is 94.1 cm³/mol. The van der Waals surface area contributed by atoms with Gasteiger partial charge in [0.05, 0.1) is 0 Å². The molecule has 0 bridgehead atoms. The number of amides is 1. The van der Waals surface area contributed by atoms with E-state index in [1.807, 2.05) is 6.07 Å². The SMILES string of the molecule is O=C(/C=C/c1ccc(C(=O)CN=Cc2cccnc2Br)cc1)NO. The van der Waals surface area contributed by atoms with Crippen molar-refractivity contribution in [2.24, 2.45) is 4.99 Å². The Balaban J connectivity index is 1.96. The molecule has 0 aliphatic heterocycles. The molecule has 7 heteroatoms. The molecular formula is C17H14BrN3O3. The smallest absolute Gasteiger partial charge is 0.267 e. The highest BCUT2D eigenvalue weighted by atomic mass is 79.9. The summed E-state index contributed by atoms with van der Waals surface area (Å²) < 4.78 is 0.671. The number of nitrogens with one attached hydrogen (secondary N) is 1. The van der Waals surface area contributed by atoms with Gasteiger partial charge in [-0.3, -0.25) is 19.8 Å². The van der Waals surface area contributed by atoms with Gasteiger partial charge < -0.3 is 0 Å². The van der Waals surface area contributed by atoms with Gasteiger partial charge in [-0.05, 0) is 39.7 Å². The Bertz CT molecular complexity index is 786. The van der Waals surface area contributed by atoms with Crippen molar-refractivity contribution in [2.45, 2.75) is 0 Å². The summed E-state index contributed by atoms with van der Waals surface area (Å²) in [6.07, 6.45) is 5.97. The highest BCUT2D eigenvalue weighted by Crippen LogP contribution is 2.10. The molecule has 6 nitrogen and oxygen atoms in total. The van der Waals surface area contributed by atoms with Crippen LogP contribution in [0, 0.1) is 0 Å². The van der Waals surface area contributed by atoms with Crippen LogP contribution in [0.4, 0.5) is 0 Å². The molecule has 2 aromatic rings. The zero-order valence-electron chi connectivity index (χ0n) is 12.5. The lowest BCUT2D eigenvalue weighted by Gasteiger charge is -2.00. The lowest BCUT2D eigenvalue weighted by atomic mass is 10.1. The van der Waals surface area contributed by atoms with E-state index in [1.165, 1.54) is 17.6 Å². The molecule has 0 spiro atoms. The highest BCUT2D eigenvalue weighted by Gasteiger charge is 2.04. The summed E-state index contributed by atoms with van der Waals surface area (Å²) >= 11 is 3.31. The van der Waals surface area contributed by atoms with Gasteiger partial charge in [0.15, 0.2) is 5.78 Å². The van der Waals surface area contributed by atoms with Crippen LogP contribution >= 0.6 is 15.9 Å². The first-order valence-corrected chi connectivity index (χ1v) is 7.75. The van der Waals surface area contributed by atoms with Crippen LogP contribution in [-0.2, 0) is 4.79 Å². The predicted octanol–water partition coefficient (Wildman–Crippen LogP) is 2.66. The second kappa shape index (κ2) is 8.85. The largest absolute Gasteiger partial charge is 0.292 e. The van der Waals surface area contributed by atoms with Crippen LogP contribution in [-0.4, -0.2) is 34.6 Å². The van der Waals surface area contributed by atoms with Gasteiger partial charge in [-0.25, -0.2) is 10.5 Å². The molecule has 0 aliphatic rings. The van der Waals surface area contributed by atoms with E-state index in [2.05, 4.69) is 25.9 Å². The number of hydrogen-bond acceptors (Lipinski definition) is 5. The first-order chi connectivity index (χ1) is 11.6. The minimum Gasteiger partial charge on any atom is -0.292 e. The number of aliphatic imine (C=N–C) groups is 1. The van der Waals surface area contributed by atoms with E-state index in [-0.39, 0.29) is 12.3 Å². The third-order valence-electron chi connectivity index (χ3n) is 3.02. The van der Waals surface area contributed by atoms with E-state index in [4.69, 9.17) is 5.21 Å². The van der Waals surface area contributed by atoms with Crippen LogP contribution in [0.2, 0.25) is 0 Å². The molecule has 0 fully saturated rings. The molecule has 0 unspecified atom stereocenters. The molecule has 0 saturated carbocycles. The van der Waals surface area contributed by atoms with Gasteiger partial charge in [-0.2, -0.15) is 0 Å². The summed E-state index contributed by atoms with van der Waals surface area (Å²) in [4.78, 5) is 31.2. The number of aromatic nitrogens is 1. The zero-order valence-corrected chi connectivity index (χ0v) is 14.1. The fraction of sp³-hybridized carbons (Fsp3) is 0.0588. The van der Waals surface area contributed by atoms with Crippen LogP contribution < -0.4 is 5.48 Å². The number of hydrogen-bond donors (Lipinski definition) is 2. The fourth-order valence-electron chi connectivity index (χ4n) is 1.80. The van der Waals surface area contributed by atoms with Crippen LogP contribution in [0.25, 0.3) is 6.08 Å². The topological polar surface area (TPSA) is 91.7 Å². The molecule has 2 rings (SSSR count). The number of carbonyl (C=O) groups is 2. The fourth-order valence-corrected chi connectivity index (χ4v) is 2.16. The van der Waals surface area contributed by atoms with E-state index in [9.17, 15) is 9.59 Å². The van der Waals surface area contributed by atoms with Crippen LogP contribution in [0.1, 0.15) is 21.5 Å². The number of carbonyl (C=O) groups excluding carboxylic acids is 2. The number of halogens is 1. The molecule has 1 amide bonds. The summed E-state index contributed by atoms with van der Waals surface area (Å²) in [5.41, 5.74) is 3.56. The monoisotopic (exact) mass is 387 g/mol.